The number of H-pyrrole nitrogens is 1. The third kappa shape index (κ3) is 5.36. The van der Waals surface area contributed by atoms with Gasteiger partial charge in [0, 0.05) is 23.9 Å². The van der Waals surface area contributed by atoms with Crippen molar-refractivity contribution in [2.24, 2.45) is 0 Å². The average Bonchev–Trinajstić information content (AvgIpc) is 3.09. The van der Waals surface area contributed by atoms with Gasteiger partial charge < -0.3 is 10.3 Å². The molecule has 0 fully saturated rings. The summed E-state index contributed by atoms with van der Waals surface area (Å²) in [4.78, 5) is 13.5. The summed E-state index contributed by atoms with van der Waals surface area (Å²) >= 11 is 0. The van der Waals surface area contributed by atoms with Gasteiger partial charge in [-0.3, -0.25) is 10.0 Å². The van der Waals surface area contributed by atoms with Crippen LogP contribution < -0.4 is 10.8 Å². The molecule has 0 saturated heterocycles. The largest absolute Gasteiger partial charge is 0.431 e. The first-order valence-corrected chi connectivity index (χ1v) is 9.26. The van der Waals surface area contributed by atoms with Gasteiger partial charge in [-0.15, -0.1) is 0 Å². The first-order valence-electron chi connectivity index (χ1n) is 9.26. The van der Waals surface area contributed by atoms with E-state index in [-0.39, 0.29) is 18.4 Å². The van der Waals surface area contributed by atoms with Gasteiger partial charge >= 0.3 is 6.18 Å². The predicted molar refractivity (Wildman–Crippen MR) is 103 cm³/mol. The maximum atomic E-state index is 13.3. The average molecular weight is 405 g/mol. The van der Waals surface area contributed by atoms with E-state index in [9.17, 15) is 18.0 Å². The molecule has 1 aromatic heterocycles. The van der Waals surface area contributed by atoms with Crippen molar-refractivity contribution < 1.29 is 23.2 Å². The fourth-order valence-electron chi connectivity index (χ4n) is 3.29. The molecule has 0 spiro atoms. The van der Waals surface area contributed by atoms with Gasteiger partial charge in [0.15, 0.2) is 0 Å². The molecule has 0 saturated carbocycles. The van der Waals surface area contributed by atoms with Crippen LogP contribution in [0.15, 0.2) is 48.5 Å². The number of nitrogens with one attached hydrogen (secondary N) is 3. The van der Waals surface area contributed by atoms with Gasteiger partial charge in [0.05, 0.1) is 0 Å². The zero-order valence-electron chi connectivity index (χ0n) is 15.6. The molecule has 0 aliphatic carbocycles. The monoisotopic (exact) mass is 405 g/mol. The first-order chi connectivity index (χ1) is 13.9. The highest BCUT2D eigenvalue weighted by Crippen LogP contribution is 2.35. The van der Waals surface area contributed by atoms with Crippen LogP contribution in [0, 0.1) is 0 Å². The van der Waals surface area contributed by atoms with Crippen molar-refractivity contribution in [1.29, 1.82) is 0 Å². The molecule has 8 heteroatoms. The Bertz CT molecular complexity index is 965. The van der Waals surface area contributed by atoms with Crippen molar-refractivity contribution in [3.05, 3.63) is 70.9 Å². The SMILES string of the molecule is O=C(CCc1ccc(CNCCc2c(C(F)(F)F)[nH]c3ccccc23)cc1)NO. The molecule has 5 nitrogen and oxygen atoms in total. The van der Waals surface area contributed by atoms with Gasteiger partial charge in [-0.2, -0.15) is 13.2 Å². The number of rotatable bonds is 8. The second kappa shape index (κ2) is 9.11. The molecule has 4 N–H and O–H groups in total. The summed E-state index contributed by atoms with van der Waals surface area (Å²) in [5, 5.41) is 12.3. The molecular formula is C21H22F3N3O2. The van der Waals surface area contributed by atoms with E-state index in [1.807, 2.05) is 24.3 Å². The summed E-state index contributed by atoms with van der Waals surface area (Å²) in [6, 6.07) is 14.4. The number of benzene rings is 2. The highest BCUT2D eigenvalue weighted by Gasteiger charge is 2.36. The number of alkyl halides is 3. The van der Waals surface area contributed by atoms with Crippen LogP contribution in [0.1, 0.15) is 28.8 Å². The molecular weight excluding hydrogens is 383 g/mol. The van der Waals surface area contributed by atoms with Crippen LogP contribution >= 0.6 is 0 Å². The summed E-state index contributed by atoms with van der Waals surface area (Å²) in [7, 11) is 0. The summed E-state index contributed by atoms with van der Waals surface area (Å²) in [5.74, 6) is -0.439. The van der Waals surface area contributed by atoms with Crippen molar-refractivity contribution in [2.75, 3.05) is 6.54 Å². The Labute approximate surface area is 165 Å². The van der Waals surface area contributed by atoms with Crippen LogP contribution in [-0.4, -0.2) is 22.6 Å². The van der Waals surface area contributed by atoms with Gasteiger partial charge in [-0.05, 0) is 42.1 Å². The van der Waals surface area contributed by atoms with Crippen molar-refractivity contribution in [1.82, 2.24) is 15.8 Å². The molecule has 3 rings (SSSR count). The summed E-state index contributed by atoms with van der Waals surface area (Å²) in [5.41, 5.74) is 3.63. The maximum absolute atomic E-state index is 13.3. The number of carbonyl (C=O) groups is 1. The number of hydroxylamine groups is 1. The minimum absolute atomic E-state index is 0.195. The molecule has 29 heavy (non-hydrogen) atoms. The van der Waals surface area contributed by atoms with E-state index in [0.717, 1.165) is 11.1 Å². The Morgan fingerprint density at radius 2 is 1.69 bits per heavy atom. The standard InChI is InChI=1S/C21H22F3N3O2/c22-21(23,24)20-17(16-3-1-2-4-18(16)26-20)11-12-25-13-15-7-5-14(6-8-15)9-10-19(28)27-29/h1-8,25-26,29H,9-13H2,(H,27,28). The molecule has 0 atom stereocenters. The number of para-hydroxylation sites is 1. The number of aromatic amines is 1. The zero-order chi connectivity index (χ0) is 20.9. The number of aryl methyl sites for hydroxylation is 1. The second-order valence-corrected chi connectivity index (χ2v) is 6.80. The van der Waals surface area contributed by atoms with Crippen molar-refractivity contribution >= 4 is 16.8 Å². The number of carbonyl (C=O) groups excluding carboxylic acids is 1. The van der Waals surface area contributed by atoms with E-state index < -0.39 is 17.8 Å². The van der Waals surface area contributed by atoms with Crippen molar-refractivity contribution in [3.63, 3.8) is 0 Å². The van der Waals surface area contributed by atoms with Crippen LogP contribution in [-0.2, 0) is 30.4 Å². The second-order valence-electron chi connectivity index (χ2n) is 6.80. The normalized spacial score (nSPS) is 11.7. The highest BCUT2D eigenvalue weighted by atomic mass is 19.4. The summed E-state index contributed by atoms with van der Waals surface area (Å²) in [6.07, 6.45) is -3.45. The number of aromatic nitrogens is 1. The third-order valence-corrected chi connectivity index (χ3v) is 4.77. The van der Waals surface area contributed by atoms with E-state index in [1.54, 1.807) is 29.7 Å². The Morgan fingerprint density at radius 3 is 2.38 bits per heavy atom. The minimum atomic E-state index is -4.42. The Balaban J connectivity index is 1.56. The van der Waals surface area contributed by atoms with E-state index in [1.165, 1.54) is 0 Å². The van der Waals surface area contributed by atoms with Gasteiger partial charge in [-0.1, -0.05) is 42.5 Å². The molecule has 0 unspecified atom stereocenters. The van der Waals surface area contributed by atoms with E-state index in [2.05, 4.69) is 10.3 Å². The quantitative estimate of drug-likeness (QED) is 0.260. The minimum Gasteiger partial charge on any atom is -0.351 e. The smallest absolute Gasteiger partial charge is 0.351 e. The lowest BCUT2D eigenvalue weighted by Crippen LogP contribution is -2.19. The fraction of sp³-hybridized carbons (Fsp3) is 0.286. The summed E-state index contributed by atoms with van der Waals surface area (Å²) in [6.45, 7) is 0.935. The predicted octanol–water partition coefficient (Wildman–Crippen LogP) is 3.96. The topological polar surface area (TPSA) is 77.2 Å². The van der Waals surface area contributed by atoms with Crippen LogP contribution in [0.25, 0.3) is 10.9 Å². The third-order valence-electron chi connectivity index (χ3n) is 4.77. The summed E-state index contributed by atoms with van der Waals surface area (Å²) < 4.78 is 40.0. The number of fused-ring (bicyclic) bond motifs is 1. The molecule has 1 amide bonds. The number of halogens is 3. The van der Waals surface area contributed by atoms with Crippen LogP contribution in [0.2, 0.25) is 0 Å². The van der Waals surface area contributed by atoms with Crippen molar-refractivity contribution in [2.45, 2.75) is 32.0 Å². The Kier molecular flexibility index (Phi) is 6.56. The van der Waals surface area contributed by atoms with E-state index in [4.69, 9.17) is 5.21 Å². The molecule has 1 heterocycles. The fourth-order valence-corrected chi connectivity index (χ4v) is 3.29. The van der Waals surface area contributed by atoms with E-state index >= 15 is 0 Å². The molecule has 0 aliphatic rings. The lowest BCUT2D eigenvalue weighted by atomic mass is 10.1. The maximum Gasteiger partial charge on any atom is 0.431 e. The van der Waals surface area contributed by atoms with Crippen molar-refractivity contribution in [3.8, 4) is 0 Å². The Hall–Kier alpha value is -2.84. The van der Waals surface area contributed by atoms with Crippen LogP contribution in [0.4, 0.5) is 13.2 Å². The molecule has 0 aliphatic heterocycles. The molecule has 154 valence electrons. The number of hydrogen-bond acceptors (Lipinski definition) is 3. The van der Waals surface area contributed by atoms with Crippen LogP contribution in [0.3, 0.4) is 0 Å². The van der Waals surface area contributed by atoms with E-state index in [0.29, 0.717) is 30.4 Å². The number of amides is 1. The lowest BCUT2D eigenvalue weighted by molar-refractivity contribution is -0.141. The molecule has 2 aromatic carbocycles. The zero-order valence-corrected chi connectivity index (χ0v) is 15.6. The molecule has 0 radical (unpaired) electrons. The molecule has 3 aromatic rings. The molecule has 0 bridgehead atoms. The van der Waals surface area contributed by atoms with Gasteiger partial charge in [0.25, 0.3) is 0 Å². The number of hydrogen-bond donors (Lipinski definition) is 4. The highest BCUT2D eigenvalue weighted by molar-refractivity contribution is 5.84. The van der Waals surface area contributed by atoms with Crippen LogP contribution in [0.5, 0.6) is 0 Å². The lowest BCUT2D eigenvalue weighted by Gasteiger charge is -2.10. The van der Waals surface area contributed by atoms with Gasteiger partial charge in [0.1, 0.15) is 5.69 Å². The van der Waals surface area contributed by atoms with Gasteiger partial charge in [-0.25, -0.2) is 5.48 Å². The van der Waals surface area contributed by atoms with Gasteiger partial charge in [0.2, 0.25) is 5.91 Å². The first kappa shape index (κ1) is 20.9. The Morgan fingerprint density at radius 1 is 1.00 bits per heavy atom.